The summed E-state index contributed by atoms with van der Waals surface area (Å²) < 4.78 is 63.5. The molecule has 0 bridgehead atoms. The number of anilines is 2. The van der Waals surface area contributed by atoms with Crippen LogP contribution < -0.4 is 25.8 Å². The Morgan fingerprint density at radius 2 is 1.73 bits per heavy atom. The summed E-state index contributed by atoms with van der Waals surface area (Å²) in [6.45, 7) is 1.77. The lowest BCUT2D eigenvalue weighted by molar-refractivity contribution is 0.400. The van der Waals surface area contributed by atoms with Crippen LogP contribution in [0.25, 0.3) is 38.6 Å². The first-order valence-electron chi connectivity index (χ1n) is 15.5. The predicted molar refractivity (Wildman–Crippen MR) is 194 cm³/mol. The second-order valence-corrected chi connectivity index (χ2v) is 13.5. The number of nitrogens with zero attached hydrogens (tertiary/aromatic N) is 4. The van der Waals surface area contributed by atoms with Gasteiger partial charge in [-0.05, 0) is 42.8 Å². The Labute approximate surface area is 298 Å². The molecule has 0 saturated carbocycles. The zero-order valence-corrected chi connectivity index (χ0v) is 28.8. The molecule has 12 nitrogen and oxygen atoms in total. The topological polar surface area (TPSA) is 161 Å². The third-order valence-corrected chi connectivity index (χ3v) is 10.1. The Hall–Kier alpha value is -6.19. The van der Waals surface area contributed by atoms with Crippen molar-refractivity contribution in [1.82, 2.24) is 24.5 Å². The van der Waals surface area contributed by atoms with Crippen LogP contribution in [0.2, 0.25) is 5.02 Å². The van der Waals surface area contributed by atoms with Crippen molar-refractivity contribution in [2.75, 3.05) is 17.1 Å². The SMILES string of the molecule is COc1ncc(-c2cccc3c(Cl)c(C(C)Nc4ncnc5[nH]ccc(=O)c45)n(-c4ccccc4)c(=O)c23)cc1NS(=O)(=O)c1ccc(F)cc1F. The van der Waals surface area contributed by atoms with Crippen molar-refractivity contribution in [3.05, 3.63) is 141 Å². The van der Waals surface area contributed by atoms with Crippen LogP contribution in [0.4, 0.5) is 20.3 Å². The molecule has 4 aromatic heterocycles. The van der Waals surface area contributed by atoms with Gasteiger partial charge in [0.15, 0.2) is 5.43 Å². The number of nitrogens with one attached hydrogen (secondary N) is 3. The van der Waals surface area contributed by atoms with Crippen LogP contribution in [0.1, 0.15) is 18.7 Å². The Kier molecular flexibility index (Phi) is 8.90. The van der Waals surface area contributed by atoms with Crippen LogP contribution in [0.5, 0.6) is 5.88 Å². The molecule has 262 valence electrons. The van der Waals surface area contributed by atoms with E-state index in [4.69, 9.17) is 16.3 Å². The molecule has 0 aliphatic rings. The van der Waals surface area contributed by atoms with Gasteiger partial charge in [-0.2, -0.15) is 0 Å². The molecule has 3 aromatic carbocycles. The number of sulfonamides is 1. The fraction of sp³-hybridized carbons (Fsp3) is 0.0833. The van der Waals surface area contributed by atoms with Crippen molar-refractivity contribution in [3.8, 4) is 22.7 Å². The van der Waals surface area contributed by atoms with Crippen LogP contribution in [0.3, 0.4) is 0 Å². The fourth-order valence-corrected chi connectivity index (χ4v) is 7.51. The number of benzene rings is 3. The highest BCUT2D eigenvalue weighted by atomic mass is 35.5. The van der Waals surface area contributed by atoms with E-state index in [9.17, 15) is 26.8 Å². The van der Waals surface area contributed by atoms with Crippen molar-refractivity contribution in [1.29, 1.82) is 0 Å². The van der Waals surface area contributed by atoms with Crippen LogP contribution in [0.15, 0.2) is 112 Å². The van der Waals surface area contributed by atoms with Crippen molar-refractivity contribution in [2.24, 2.45) is 0 Å². The summed E-state index contributed by atoms with van der Waals surface area (Å²) in [5.74, 6) is -2.15. The number of methoxy groups -OCH3 is 1. The molecule has 7 aromatic rings. The van der Waals surface area contributed by atoms with Gasteiger partial charge in [0.2, 0.25) is 5.88 Å². The van der Waals surface area contributed by atoms with E-state index in [0.29, 0.717) is 39.6 Å². The van der Waals surface area contributed by atoms with Gasteiger partial charge in [-0.15, -0.1) is 0 Å². The summed E-state index contributed by atoms with van der Waals surface area (Å²) in [6, 6.07) is 17.9. The number of hydrogen-bond acceptors (Lipinski definition) is 9. The standard InChI is InChI=1S/C36H26ClF2N7O5S/c1-19(44-34-30-27(47)13-14-40-33(30)42-18-43-34)32-31(37)24-10-6-9-23(29(24)36(48)46(32)22-7-4-3-5-8-22)20-15-26(35(51-2)41-17-20)45-52(49,50)28-12-11-21(38)16-25(28)39/h3-19,45H,1-2H3,(H2,40,42,43,44,47). The van der Waals surface area contributed by atoms with Gasteiger partial charge in [-0.1, -0.05) is 48.0 Å². The first-order valence-corrected chi connectivity index (χ1v) is 17.4. The second-order valence-electron chi connectivity index (χ2n) is 11.5. The highest BCUT2D eigenvalue weighted by Gasteiger charge is 2.26. The van der Waals surface area contributed by atoms with E-state index in [1.165, 1.54) is 42.5 Å². The van der Waals surface area contributed by atoms with E-state index in [0.717, 1.165) is 12.1 Å². The van der Waals surface area contributed by atoms with E-state index in [-0.39, 0.29) is 38.6 Å². The molecule has 4 heterocycles. The molecule has 3 N–H and O–H groups in total. The Morgan fingerprint density at radius 1 is 0.942 bits per heavy atom. The van der Waals surface area contributed by atoms with E-state index in [1.54, 1.807) is 55.5 Å². The molecule has 1 atom stereocenters. The zero-order chi connectivity index (χ0) is 36.7. The summed E-state index contributed by atoms with van der Waals surface area (Å²) >= 11 is 7.21. The molecule has 0 amide bonds. The molecule has 0 spiro atoms. The first-order chi connectivity index (χ1) is 25.0. The van der Waals surface area contributed by atoms with Gasteiger partial charge >= 0.3 is 0 Å². The van der Waals surface area contributed by atoms with Crippen molar-refractivity contribution >= 4 is 54.9 Å². The number of hydrogen-bond donors (Lipinski definition) is 3. The summed E-state index contributed by atoms with van der Waals surface area (Å²) in [6.07, 6.45) is 4.18. The molecule has 0 fully saturated rings. The van der Waals surface area contributed by atoms with Gasteiger partial charge in [0.1, 0.15) is 45.4 Å². The van der Waals surface area contributed by atoms with Crippen molar-refractivity contribution in [3.63, 3.8) is 0 Å². The largest absolute Gasteiger partial charge is 0.480 e. The number of halogens is 3. The smallest absolute Gasteiger partial charge is 0.264 e. The summed E-state index contributed by atoms with van der Waals surface area (Å²) in [4.78, 5) is 42.4. The van der Waals surface area contributed by atoms with Gasteiger partial charge in [-0.25, -0.2) is 32.2 Å². The predicted octanol–water partition coefficient (Wildman–Crippen LogP) is 6.60. The van der Waals surface area contributed by atoms with E-state index in [1.807, 2.05) is 0 Å². The van der Waals surface area contributed by atoms with Crippen molar-refractivity contribution in [2.45, 2.75) is 17.9 Å². The number of para-hydroxylation sites is 1. The molecule has 1 unspecified atom stereocenters. The monoisotopic (exact) mass is 741 g/mol. The molecule has 52 heavy (non-hydrogen) atoms. The second kappa shape index (κ2) is 13.5. The van der Waals surface area contributed by atoms with Crippen molar-refractivity contribution < 1.29 is 21.9 Å². The molecular formula is C36H26ClF2N7O5S. The third kappa shape index (κ3) is 6.09. The van der Waals surface area contributed by atoms with Crippen LogP contribution >= 0.6 is 11.6 Å². The number of fused-ring (bicyclic) bond motifs is 2. The lowest BCUT2D eigenvalue weighted by atomic mass is 9.98. The Bertz CT molecular complexity index is 2760. The lowest BCUT2D eigenvalue weighted by Gasteiger charge is -2.24. The number of H-pyrrole nitrogens is 1. The molecule has 0 radical (unpaired) electrons. The summed E-state index contributed by atoms with van der Waals surface area (Å²) in [5.41, 5.74) is 0.867. The maximum absolute atomic E-state index is 14.8. The number of pyridine rings is 3. The van der Waals surface area contributed by atoms with E-state index >= 15 is 0 Å². The minimum Gasteiger partial charge on any atom is -0.480 e. The normalized spacial score (nSPS) is 12.2. The average molecular weight is 742 g/mol. The maximum Gasteiger partial charge on any atom is 0.264 e. The summed E-state index contributed by atoms with van der Waals surface area (Å²) in [7, 11) is -3.32. The maximum atomic E-state index is 14.8. The van der Waals surface area contributed by atoms with Crippen LogP contribution in [-0.4, -0.2) is 40.0 Å². The van der Waals surface area contributed by atoms with Crippen LogP contribution in [0, 0.1) is 11.6 Å². The molecule has 0 aliphatic heterocycles. The quantitative estimate of drug-likeness (QED) is 0.148. The van der Waals surface area contributed by atoms with Gasteiger partial charge in [-0.3, -0.25) is 18.9 Å². The fourth-order valence-electron chi connectivity index (χ4n) is 6.00. The van der Waals surface area contributed by atoms with Gasteiger partial charge in [0.25, 0.3) is 15.6 Å². The Balaban J connectivity index is 1.40. The molecule has 0 saturated heterocycles. The molecule has 7 rings (SSSR count). The average Bonchev–Trinajstić information content (AvgIpc) is 3.12. The minimum absolute atomic E-state index is 0.145. The first kappa shape index (κ1) is 34.3. The molecule has 0 aliphatic carbocycles. The number of rotatable bonds is 9. The lowest BCUT2D eigenvalue weighted by Crippen LogP contribution is -2.27. The molecule has 16 heteroatoms. The van der Waals surface area contributed by atoms with Gasteiger partial charge < -0.3 is 15.0 Å². The number of ether oxygens (including phenoxy) is 1. The highest BCUT2D eigenvalue weighted by molar-refractivity contribution is 7.92. The van der Waals surface area contributed by atoms with E-state index in [2.05, 4.69) is 30.0 Å². The van der Waals surface area contributed by atoms with Gasteiger partial charge in [0, 0.05) is 41.2 Å². The third-order valence-electron chi connectivity index (χ3n) is 8.29. The Morgan fingerprint density at radius 3 is 2.48 bits per heavy atom. The highest BCUT2D eigenvalue weighted by Crippen LogP contribution is 2.38. The van der Waals surface area contributed by atoms with Gasteiger partial charge in [0.05, 0.1) is 29.3 Å². The number of aromatic amines is 1. The minimum atomic E-state index is -4.59. The van der Waals surface area contributed by atoms with E-state index < -0.39 is 38.2 Å². The number of aromatic nitrogens is 5. The summed E-state index contributed by atoms with van der Waals surface area (Å²) in [5, 5.41) is 4.23. The van der Waals surface area contributed by atoms with Crippen LogP contribution in [-0.2, 0) is 10.0 Å². The molecular weight excluding hydrogens is 716 g/mol. The zero-order valence-electron chi connectivity index (χ0n) is 27.2.